The van der Waals surface area contributed by atoms with Crippen molar-refractivity contribution in [3.63, 3.8) is 0 Å². The van der Waals surface area contributed by atoms with E-state index in [4.69, 9.17) is 5.11 Å². The van der Waals surface area contributed by atoms with Crippen LogP contribution < -0.4 is 10.9 Å². The first-order chi connectivity index (χ1) is 17.8. The smallest absolute Gasteiger partial charge is 0.395 e. The Morgan fingerprint density at radius 1 is 0.973 bits per heavy atom. The third kappa shape index (κ3) is 5.02. The zero-order chi connectivity index (χ0) is 26.0. The summed E-state index contributed by atoms with van der Waals surface area (Å²) in [7, 11) is 0. The van der Waals surface area contributed by atoms with Gasteiger partial charge in [-0.3, -0.25) is 4.79 Å². The summed E-state index contributed by atoms with van der Waals surface area (Å²) < 4.78 is 41.8. The summed E-state index contributed by atoms with van der Waals surface area (Å²) in [5.74, 6) is 0.341. The number of nitrogens with one attached hydrogen (secondary N) is 1. The van der Waals surface area contributed by atoms with Crippen LogP contribution in [0.4, 0.5) is 19.1 Å². The third-order valence-electron chi connectivity index (χ3n) is 5.45. The minimum atomic E-state index is -4.45. The molecule has 2 N–H and O–H groups in total. The number of hydrogen-bond donors (Lipinski definition) is 2. The molecule has 0 atom stereocenters. The summed E-state index contributed by atoms with van der Waals surface area (Å²) in [5, 5.41) is 16.3. The number of pyridine rings is 1. The number of hydrogen-bond acceptors (Lipinski definition) is 8. The summed E-state index contributed by atoms with van der Waals surface area (Å²) in [6.45, 7) is 0.417. The Morgan fingerprint density at radius 2 is 1.76 bits per heavy atom. The number of aromatic nitrogens is 7. The summed E-state index contributed by atoms with van der Waals surface area (Å²) in [4.78, 5) is 29.9. The number of nitrogens with zero attached hydrogens (tertiary/aromatic N) is 7. The molecule has 188 valence electrons. The molecule has 4 heterocycles. The van der Waals surface area contributed by atoms with Gasteiger partial charge >= 0.3 is 6.18 Å². The average Bonchev–Trinajstić information content (AvgIpc) is 3.28. The number of aliphatic hydroxyl groups is 1. The molecule has 0 unspecified atom stereocenters. The Balaban J connectivity index is 1.48. The van der Waals surface area contributed by atoms with Gasteiger partial charge in [-0.15, -0.1) is 0 Å². The highest BCUT2D eigenvalue weighted by molar-refractivity contribution is 5.88. The van der Waals surface area contributed by atoms with Gasteiger partial charge < -0.3 is 15.0 Å². The molecular weight excluding hydrogens is 489 g/mol. The van der Waals surface area contributed by atoms with Crippen LogP contribution in [0.5, 0.6) is 0 Å². The van der Waals surface area contributed by atoms with Crippen LogP contribution in [-0.4, -0.2) is 52.5 Å². The van der Waals surface area contributed by atoms with E-state index in [2.05, 4.69) is 30.4 Å². The zero-order valence-corrected chi connectivity index (χ0v) is 19.1. The van der Waals surface area contributed by atoms with E-state index in [1.807, 2.05) is 0 Å². The molecule has 13 heteroatoms. The van der Waals surface area contributed by atoms with Crippen LogP contribution in [0, 0.1) is 0 Å². The van der Waals surface area contributed by atoms with Crippen molar-refractivity contribution < 1.29 is 18.3 Å². The largest absolute Gasteiger partial charge is 0.416 e. The number of rotatable bonds is 7. The molecule has 0 aliphatic heterocycles. The maximum atomic E-state index is 13.0. The van der Waals surface area contributed by atoms with Crippen molar-refractivity contribution in [3.8, 4) is 16.9 Å². The maximum Gasteiger partial charge on any atom is 0.416 e. The Kier molecular flexibility index (Phi) is 6.36. The fourth-order valence-electron chi connectivity index (χ4n) is 3.71. The van der Waals surface area contributed by atoms with Gasteiger partial charge in [0.15, 0.2) is 5.65 Å². The van der Waals surface area contributed by atoms with Gasteiger partial charge in [0.05, 0.1) is 30.1 Å². The van der Waals surface area contributed by atoms with Crippen LogP contribution in [0.1, 0.15) is 11.3 Å². The van der Waals surface area contributed by atoms with Crippen LogP contribution in [-0.2, 0) is 12.7 Å². The van der Waals surface area contributed by atoms with E-state index in [1.54, 1.807) is 24.5 Å². The molecule has 37 heavy (non-hydrogen) atoms. The van der Waals surface area contributed by atoms with Crippen molar-refractivity contribution in [3.05, 3.63) is 88.9 Å². The van der Waals surface area contributed by atoms with Gasteiger partial charge in [-0.2, -0.15) is 18.3 Å². The van der Waals surface area contributed by atoms with Gasteiger partial charge in [0.25, 0.3) is 5.56 Å². The Morgan fingerprint density at radius 3 is 2.49 bits per heavy atom. The fourth-order valence-corrected chi connectivity index (χ4v) is 3.71. The standard InChI is InChI=1S/C24H19F3N8O2/c25-24(26,27)16-3-1-15(2-4-16)20-21-22(29-9-8-28-21)35(33-20)18-6-11-34(19(37)13-18)14-17-5-7-30-23(32-17)31-10-12-36/h1-9,11,13,36H,10,12,14H2,(H,30,31,32). The minimum Gasteiger partial charge on any atom is -0.395 e. The van der Waals surface area contributed by atoms with Crippen LogP contribution >= 0.6 is 0 Å². The van der Waals surface area contributed by atoms with E-state index >= 15 is 0 Å². The zero-order valence-electron chi connectivity index (χ0n) is 19.1. The van der Waals surface area contributed by atoms with Gasteiger partial charge in [0.2, 0.25) is 5.95 Å². The Labute approximate surface area is 207 Å². The molecule has 0 saturated heterocycles. The second kappa shape index (κ2) is 9.78. The van der Waals surface area contributed by atoms with E-state index in [1.165, 1.54) is 39.8 Å². The van der Waals surface area contributed by atoms with Crippen molar-refractivity contribution >= 4 is 17.1 Å². The monoisotopic (exact) mass is 508 g/mol. The maximum absolute atomic E-state index is 13.0. The molecule has 10 nitrogen and oxygen atoms in total. The quantitative estimate of drug-likeness (QED) is 0.344. The molecular formula is C24H19F3N8O2. The van der Waals surface area contributed by atoms with Crippen molar-refractivity contribution in [2.24, 2.45) is 0 Å². The first kappa shape index (κ1) is 24.1. The number of alkyl halides is 3. The lowest BCUT2D eigenvalue weighted by molar-refractivity contribution is -0.137. The number of halogens is 3. The predicted octanol–water partition coefficient (Wildman–Crippen LogP) is 2.91. The van der Waals surface area contributed by atoms with E-state index in [0.717, 1.165) is 12.1 Å². The van der Waals surface area contributed by atoms with Crippen LogP contribution in [0.2, 0.25) is 0 Å². The van der Waals surface area contributed by atoms with E-state index < -0.39 is 11.7 Å². The molecule has 0 radical (unpaired) electrons. The van der Waals surface area contributed by atoms with Crippen LogP contribution in [0.25, 0.3) is 28.1 Å². The number of fused-ring (bicyclic) bond motifs is 1. The van der Waals surface area contributed by atoms with Gasteiger partial charge in [-0.05, 0) is 24.3 Å². The molecule has 1 aromatic carbocycles. The minimum absolute atomic E-state index is 0.0679. The lowest BCUT2D eigenvalue weighted by Gasteiger charge is -2.09. The highest BCUT2D eigenvalue weighted by atomic mass is 19.4. The van der Waals surface area contributed by atoms with E-state index in [9.17, 15) is 18.0 Å². The average molecular weight is 508 g/mol. The van der Waals surface area contributed by atoms with Crippen molar-refractivity contribution in [1.29, 1.82) is 0 Å². The molecule has 0 amide bonds. The predicted molar refractivity (Wildman–Crippen MR) is 128 cm³/mol. The van der Waals surface area contributed by atoms with Gasteiger partial charge in [-0.25, -0.2) is 24.6 Å². The topological polar surface area (TPSA) is 124 Å². The normalized spacial score (nSPS) is 11.7. The number of aliphatic hydroxyl groups excluding tert-OH is 1. The van der Waals surface area contributed by atoms with Gasteiger partial charge in [0, 0.05) is 43.0 Å². The molecule has 0 bridgehead atoms. The SMILES string of the molecule is O=c1cc(-n2nc(-c3ccc(C(F)(F)F)cc3)c3nccnc32)ccn1Cc1ccnc(NCCO)n1. The molecule has 0 spiro atoms. The molecule has 0 saturated carbocycles. The number of benzene rings is 1. The third-order valence-corrected chi connectivity index (χ3v) is 5.45. The summed E-state index contributed by atoms with van der Waals surface area (Å²) in [6.07, 6.45) is 1.62. The van der Waals surface area contributed by atoms with Crippen molar-refractivity contribution in [1.82, 2.24) is 34.3 Å². The first-order valence-corrected chi connectivity index (χ1v) is 11.1. The number of anilines is 1. The first-order valence-electron chi connectivity index (χ1n) is 11.1. The summed E-state index contributed by atoms with van der Waals surface area (Å²) in [6, 6.07) is 9.34. The summed E-state index contributed by atoms with van der Waals surface area (Å²) in [5.41, 5.74) is 1.41. The van der Waals surface area contributed by atoms with Crippen molar-refractivity contribution in [2.45, 2.75) is 12.7 Å². The molecule has 0 fully saturated rings. The fraction of sp³-hybridized carbons (Fsp3) is 0.167. The van der Waals surface area contributed by atoms with Crippen molar-refractivity contribution in [2.75, 3.05) is 18.5 Å². The van der Waals surface area contributed by atoms with Crippen LogP contribution in [0.3, 0.4) is 0 Å². The van der Waals surface area contributed by atoms with E-state index in [-0.39, 0.29) is 18.7 Å². The molecule has 0 aliphatic carbocycles. The highest BCUT2D eigenvalue weighted by Gasteiger charge is 2.30. The molecule has 4 aromatic heterocycles. The lowest BCUT2D eigenvalue weighted by Crippen LogP contribution is -2.21. The Hall–Kier alpha value is -4.65. The molecule has 5 aromatic rings. The van der Waals surface area contributed by atoms with Gasteiger partial charge in [0.1, 0.15) is 11.2 Å². The lowest BCUT2D eigenvalue weighted by atomic mass is 10.1. The van der Waals surface area contributed by atoms with Crippen LogP contribution in [0.15, 0.2) is 72.0 Å². The Bertz CT molecular complexity index is 1610. The summed E-state index contributed by atoms with van der Waals surface area (Å²) >= 11 is 0. The second-order valence-corrected chi connectivity index (χ2v) is 7.94. The second-order valence-electron chi connectivity index (χ2n) is 7.94. The van der Waals surface area contributed by atoms with Gasteiger partial charge in [-0.1, -0.05) is 12.1 Å². The highest BCUT2D eigenvalue weighted by Crippen LogP contribution is 2.32. The molecule has 5 rings (SSSR count). The van der Waals surface area contributed by atoms with E-state index in [0.29, 0.717) is 46.3 Å². The molecule has 0 aliphatic rings.